The van der Waals surface area contributed by atoms with Crippen molar-refractivity contribution in [1.29, 1.82) is 0 Å². The molecule has 0 saturated carbocycles. The van der Waals surface area contributed by atoms with Gasteiger partial charge >= 0.3 is 5.97 Å². The fraction of sp³-hybridized carbons (Fsp3) is 0.273. The molecule has 148 valence electrons. The highest BCUT2D eigenvalue weighted by Gasteiger charge is 2.43. The third-order valence-corrected chi connectivity index (χ3v) is 5.72. The number of aromatic amines is 1. The van der Waals surface area contributed by atoms with E-state index in [2.05, 4.69) is 4.98 Å². The zero-order chi connectivity index (χ0) is 20.1. The average Bonchev–Trinajstić information content (AvgIpc) is 3.35. The molecule has 5 rings (SSSR count). The second kappa shape index (κ2) is 6.55. The van der Waals surface area contributed by atoms with E-state index >= 15 is 0 Å². The predicted molar refractivity (Wildman–Crippen MR) is 105 cm³/mol. The fourth-order valence-corrected chi connectivity index (χ4v) is 4.40. The van der Waals surface area contributed by atoms with Crippen molar-refractivity contribution in [3.8, 4) is 11.5 Å². The molecule has 0 spiro atoms. The van der Waals surface area contributed by atoms with Gasteiger partial charge in [-0.3, -0.25) is 4.79 Å². The van der Waals surface area contributed by atoms with Crippen molar-refractivity contribution in [3.05, 3.63) is 59.3 Å². The predicted octanol–water partition coefficient (Wildman–Crippen LogP) is 3.23. The molecule has 1 amide bonds. The summed E-state index contributed by atoms with van der Waals surface area (Å²) in [6, 6.07) is 11.8. The molecule has 3 heterocycles. The topological polar surface area (TPSA) is 91.9 Å². The summed E-state index contributed by atoms with van der Waals surface area (Å²) in [4.78, 5) is 30.0. The molecule has 0 fully saturated rings. The van der Waals surface area contributed by atoms with Gasteiger partial charge < -0.3 is 24.5 Å². The summed E-state index contributed by atoms with van der Waals surface area (Å²) in [6.07, 6.45) is 0.488. The van der Waals surface area contributed by atoms with Crippen LogP contribution in [0.25, 0.3) is 10.9 Å². The number of hydrogen-bond donors (Lipinski definition) is 2. The Hall–Kier alpha value is -3.48. The number of para-hydroxylation sites is 1. The maximum atomic E-state index is 12.9. The molecule has 7 nitrogen and oxygen atoms in total. The maximum Gasteiger partial charge on any atom is 0.326 e. The summed E-state index contributed by atoms with van der Waals surface area (Å²) >= 11 is 0. The number of carbonyl (C=O) groups excluding carboxylic acids is 1. The van der Waals surface area contributed by atoms with Gasteiger partial charge in [-0.1, -0.05) is 31.2 Å². The first-order chi connectivity index (χ1) is 14.1. The van der Waals surface area contributed by atoms with Crippen LogP contribution in [0.3, 0.4) is 0 Å². The van der Waals surface area contributed by atoms with Crippen molar-refractivity contribution in [2.24, 2.45) is 0 Å². The first kappa shape index (κ1) is 17.6. The Morgan fingerprint density at radius 3 is 2.76 bits per heavy atom. The van der Waals surface area contributed by atoms with Gasteiger partial charge in [-0.15, -0.1) is 0 Å². The lowest BCUT2D eigenvalue weighted by Crippen LogP contribution is -2.51. The van der Waals surface area contributed by atoms with Crippen LogP contribution in [0, 0.1) is 0 Å². The van der Waals surface area contributed by atoms with Crippen molar-refractivity contribution in [2.75, 3.05) is 6.79 Å². The van der Waals surface area contributed by atoms with E-state index in [1.165, 1.54) is 4.90 Å². The molecule has 0 aliphatic carbocycles. The molecule has 7 heteroatoms. The second-order valence-electron chi connectivity index (χ2n) is 7.29. The maximum absolute atomic E-state index is 12.9. The van der Waals surface area contributed by atoms with Gasteiger partial charge in [0.1, 0.15) is 6.04 Å². The van der Waals surface area contributed by atoms with Crippen LogP contribution in [0.5, 0.6) is 11.5 Å². The fourth-order valence-electron chi connectivity index (χ4n) is 4.40. The summed E-state index contributed by atoms with van der Waals surface area (Å²) in [5, 5.41) is 10.9. The molecule has 0 saturated heterocycles. The monoisotopic (exact) mass is 392 g/mol. The van der Waals surface area contributed by atoms with Gasteiger partial charge in [-0.25, -0.2) is 4.79 Å². The normalized spacial score (nSPS) is 20.0. The number of carbonyl (C=O) groups is 2. The van der Waals surface area contributed by atoms with E-state index in [4.69, 9.17) is 9.47 Å². The van der Waals surface area contributed by atoms with Crippen LogP contribution >= 0.6 is 0 Å². The van der Waals surface area contributed by atoms with Crippen molar-refractivity contribution in [2.45, 2.75) is 31.8 Å². The molecular formula is C22H20N2O5. The minimum Gasteiger partial charge on any atom is -0.480 e. The van der Waals surface area contributed by atoms with E-state index < -0.39 is 18.1 Å². The number of ether oxygens (including phenoxy) is 2. The highest BCUT2D eigenvalue weighted by atomic mass is 16.7. The lowest BCUT2D eigenvalue weighted by molar-refractivity contribution is -0.152. The van der Waals surface area contributed by atoms with E-state index in [1.807, 2.05) is 36.4 Å². The quantitative estimate of drug-likeness (QED) is 0.714. The number of rotatable bonds is 3. The number of nitrogens with one attached hydrogen (secondary N) is 1. The smallest absolute Gasteiger partial charge is 0.326 e. The van der Waals surface area contributed by atoms with Crippen LogP contribution in [-0.4, -0.2) is 39.7 Å². The zero-order valence-corrected chi connectivity index (χ0v) is 15.8. The van der Waals surface area contributed by atoms with E-state index in [0.717, 1.165) is 27.7 Å². The molecule has 2 atom stereocenters. The Labute approximate surface area is 166 Å². The summed E-state index contributed by atoms with van der Waals surface area (Å²) in [5.74, 6) is 0.0314. The lowest BCUT2D eigenvalue weighted by atomic mass is 9.87. The van der Waals surface area contributed by atoms with Crippen LogP contribution in [0.15, 0.2) is 42.5 Å². The SMILES string of the molecule is CCC(=O)N1[C@@H](c2ccc3c(c2)OCO3)c2[nH]c3ccccc3c2C[C@H]1C(=O)O. The average molecular weight is 392 g/mol. The van der Waals surface area contributed by atoms with Gasteiger partial charge in [0.15, 0.2) is 11.5 Å². The van der Waals surface area contributed by atoms with Gasteiger partial charge in [0.05, 0.1) is 6.04 Å². The summed E-state index contributed by atoms with van der Waals surface area (Å²) in [5.41, 5.74) is 3.51. The number of nitrogens with zero attached hydrogens (tertiary/aromatic N) is 1. The Kier molecular flexibility index (Phi) is 3.97. The molecule has 3 aromatic rings. The van der Waals surface area contributed by atoms with Crippen LogP contribution in [0.2, 0.25) is 0 Å². The second-order valence-corrected chi connectivity index (χ2v) is 7.29. The molecule has 0 bridgehead atoms. The Morgan fingerprint density at radius 1 is 1.17 bits per heavy atom. The molecule has 0 radical (unpaired) electrons. The molecule has 2 aliphatic heterocycles. The number of hydrogen-bond acceptors (Lipinski definition) is 4. The summed E-state index contributed by atoms with van der Waals surface area (Å²) in [6.45, 7) is 1.90. The van der Waals surface area contributed by atoms with Gasteiger partial charge in [-0.05, 0) is 29.3 Å². The van der Waals surface area contributed by atoms with Gasteiger partial charge in [-0.2, -0.15) is 0 Å². The van der Waals surface area contributed by atoms with Gasteiger partial charge in [0, 0.05) is 29.4 Å². The molecular weight excluding hydrogens is 372 g/mol. The first-order valence-electron chi connectivity index (χ1n) is 9.61. The molecule has 2 aliphatic rings. The number of carboxylic acids is 1. The number of aliphatic carboxylic acids is 1. The van der Waals surface area contributed by atoms with Crippen LogP contribution in [0.4, 0.5) is 0 Å². The number of H-pyrrole nitrogens is 1. The summed E-state index contributed by atoms with van der Waals surface area (Å²) in [7, 11) is 0. The Bertz CT molecular complexity index is 1140. The van der Waals surface area contributed by atoms with E-state index in [9.17, 15) is 14.7 Å². The van der Waals surface area contributed by atoms with E-state index in [0.29, 0.717) is 11.5 Å². The van der Waals surface area contributed by atoms with E-state index in [1.54, 1.807) is 13.0 Å². The Morgan fingerprint density at radius 2 is 1.97 bits per heavy atom. The third-order valence-electron chi connectivity index (χ3n) is 5.72. The standard InChI is InChI=1S/C22H20N2O5/c1-2-19(25)24-16(22(26)27)10-14-13-5-3-4-6-15(13)23-20(14)21(24)12-7-8-17-18(9-12)29-11-28-17/h3-9,16,21,23H,2,10-11H2,1H3,(H,26,27)/t16-,21-/m0/s1. The molecule has 0 unspecified atom stereocenters. The molecule has 1 aromatic heterocycles. The number of amides is 1. The minimum atomic E-state index is -1.01. The first-order valence-corrected chi connectivity index (χ1v) is 9.61. The lowest BCUT2D eigenvalue weighted by Gasteiger charge is -2.40. The number of fused-ring (bicyclic) bond motifs is 4. The third kappa shape index (κ3) is 2.65. The van der Waals surface area contributed by atoms with Crippen molar-refractivity contribution >= 4 is 22.8 Å². The van der Waals surface area contributed by atoms with Crippen LogP contribution in [-0.2, 0) is 16.0 Å². The Balaban J connectivity index is 1.75. The van der Waals surface area contributed by atoms with Crippen LogP contribution in [0.1, 0.15) is 36.2 Å². The number of benzene rings is 2. The van der Waals surface area contributed by atoms with Crippen molar-refractivity contribution in [1.82, 2.24) is 9.88 Å². The number of carboxylic acid groups (broad SMARTS) is 1. The van der Waals surface area contributed by atoms with Crippen molar-refractivity contribution < 1.29 is 24.2 Å². The molecule has 29 heavy (non-hydrogen) atoms. The summed E-state index contributed by atoms with van der Waals surface area (Å²) < 4.78 is 10.9. The highest BCUT2D eigenvalue weighted by molar-refractivity contribution is 5.90. The minimum absolute atomic E-state index is 0.149. The van der Waals surface area contributed by atoms with Crippen LogP contribution < -0.4 is 9.47 Å². The number of aromatic nitrogens is 1. The van der Waals surface area contributed by atoms with E-state index in [-0.39, 0.29) is 25.5 Å². The zero-order valence-electron chi connectivity index (χ0n) is 15.8. The van der Waals surface area contributed by atoms with Gasteiger partial charge in [0.2, 0.25) is 12.7 Å². The van der Waals surface area contributed by atoms with Crippen molar-refractivity contribution in [3.63, 3.8) is 0 Å². The molecule has 2 N–H and O–H groups in total. The van der Waals surface area contributed by atoms with Gasteiger partial charge in [0.25, 0.3) is 0 Å². The largest absolute Gasteiger partial charge is 0.480 e. The highest BCUT2D eigenvalue weighted by Crippen LogP contribution is 2.43. The molecule has 2 aromatic carbocycles.